The molecule has 8 heteroatoms. The van der Waals surface area contributed by atoms with E-state index in [0.29, 0.717) is 28.2 Å². The first-order chi connectivity index (χ1) is 14.8. The van der Waals surface area contributed by atoms with Gasteiger partial charge in [0.25, 0.3) is 5.91 Å². The van der Waals surface area contributed by atoms with Gasteiger partial charge in [0.2, 0.25) is 6.10 Å². The number of hydrogen-bond acceptors (Lipinski definition) is 6. The molecular formula is C23H26ClN3O3S. The van der Waals surface area contributed by atoms with E-state index in [4.69, 9.17) is 26.1 Å². The topological polar surface area (TPSA) is 54.9 Å². The zero-order chi connectivity index (χ0) is 22.1. The summed E-state index contributed by atoms with van der Waals surface area (Å²) in [7, 11) is 4.04. The average Bonchev–Trinajstić information content (AvgIpc) is 3.17. The molecule has 0 N–H and O–H groups in total. The highest BCUT2D eigenvalue weighted by atomic mass is 35.5. The lowest BCUT2D eigenvalue weighted by Gasteiger charge is -2.33. The minimum absolute atomic E-state index is 0.149. The molecule has 0 bridgehead atoms. The second-order valence-corrected chi connectivity index (χ2v) is 9.39. The highest BCUT2D eigenvalue weighted by Gasteiger charge is 2.38. The zero-order valence-electron chi connectivity index (χ0n) is 18.1. The van der Waals surface area contributed by atoms with Gasteiger partial charge in [-0.05, 0) is 70.7 Å². The van der Waals surface area contributed by atoms with Gasteiger partial charge in [0, 0.05) is 11.6 Å². The second-order valence-electron chi connectivity index (χ2n) is 7.97. The maximum Gasteiger partial charge on any atom is 0.273 e. The van der Waals surface area contributed by atoms with Gasteiger partial charge in [-0.3, -0.25) is 9.69 Å². The van der Waals surface area contributed by atoms with E-state index < -0.39 is 12.2 Å². The molecule has 2 aromatic carbocycles. The third-order valence-electron chi connectivity index (χ3n) is 5.31. The van der Waals surface area contributed by atoms with Crippen LogP contribution in [0.15, 0.2) is 36.4 Å². The van der Waals surface area contributed by atoms with E-state index in [-0.39, 0.29) is 5.91 Å². The number of carbonyl (C=O) groups excluding carboxylic acids is 1. The number of carbonyl (C=O) groups is 1. The summed E-state index contributed by atoms with van der Waals surface area (Å²) in [5.74, 6) is 1.09. The molecule has 31 heavy (non-hydrogen) atoms. The van der Waals surface area contributed by atoms with E-state index >= 15 is 0 Å². The number of thiazole rings is 1. The zero-order valence-corrected chi connectivity index (χ0v) is 19.7. The summed E-state index contributed by atoms with van der Waals surface area (Å²) in [5, 5.41) is 1.32. The Balaban J connectivity index is 1.66. The van der Waals surface area contributed by atoms with Crippen molar-refractivity contribution in [3.63, 3.8) is 0 Å². The van der Waals surface area contributed by atoms with Gasteiger partial charge in [0.1, 0.15) is 6.10 Å². The molecule has 2 atom stereocenters. The first-order valence-electron chi connectivity index (χ1n) is 10.3. The SMILES string of the molecule is Cc1c(Cl)ccc2sc(N(CCCN(C)C)C(=O)C3Oc4ccccc4OC3C)nc12. The number of nitrogens with zero attached hydrogens (tertiary/aromatic N) is 3. The van der Waals surface area contributed by atoms with Gasteiger partial charge in [-0.15, -0.1) is 0 Å². The maximum absolute atomic E-state index is 13.7. The summed E-state index contributed by atoms with van der Waals surface area (Å²) in [4.78, 5) is 22.3. The smallest absolute Gasteiger partial charge is 0.273 e. The molecule has 1 aliphatic rings. The highest BCUT2D eigenvalue weighted by Crippen LogP contribution is 2.37. The van der Waals surface area contributed by atoms with Gasteiger partial charge < -0.3 is 14.4 Å². The van der Waals surface area contributed by atoms with Crippen LogP contribution in [0.25, 0.3) is 10.2 Å². The van der Waals surface area contributed by atoms with Gasteiger partial charge in [-0.1, -0.05) is 35.1 Å². The van der Waals surface area contributed by atoms with Gasteiger partial charge in [-0.25, -0.2) is 4.98 Å². The Hall–Kier alpha value is -2.35. The summed E-state index contributed by atoms with van der Waals surface area (Å²) < 4.78 is 13.1. The fourth-order valence-electron chi connectivity index (χ4n) is 3.59. The van der Waals surface area contributed by atoms with E-state index in [2.05, 4.69) is 4.90 Å². The number of benzene rings is 2. The molecule has 0 saturated heterocycles. The number of fused-ring (bicyclic) bond motifs is 2. The molecular weight excluding hydrogens is 434 g/mol. The molecule has 0 spiro atoms. The molecule has 0 fully saturated rings. The van der Waals surface area contributed by atoms with Crippen LogP contribution in [0, 0.1) is 6.92 Å². The van der Waals surface area contributed by atoms with Crippen molar-refractivity contribution < 1.29 is 14.3 Å². The van der Waals surface area contributed by atoms with Crippen LogP contribution in [-0.4, -0.2) is 55.2 Å². The van der Waals surface area contributed by atoms with Gasteiger partial charge in [-0.2, -0.15) is 0 Å². The molecule has 0 aliphatic carbocycles. The minimum Gasteiger partial charge on any atom is -0.482 e. The molecule has 6 nitrogen and oxygen atoms in total. The largest absolute Gasteiger partial charge is 0.482 e. The van der Waals surface area contributed by atoms with Crippen molar-refractivity contribution in [2.75, 3.05) is 32.1 Å². The Morgan fingerprint density at radius 1 is 1.13 bits per heavy atom. The van der Waals surface area contributed by atoms with Crippen LogP contribution >= 0.6 is 22.9 Å². The standard InChI is InChI=1S/C23H26ClN3O3S/c1-14-16(24)10-11-19-20(14)25-23(31-19)27(13-7-12-26(3)4)22(28)21-15(2)29-17-8-5-6-9-18(17)30-21/h5-6,8-11,15,21H,7,12-13H2,1-4H3. The van der Waals surface area contributed by atoms with Crippen LogP contribution in [0.3, 0.4) is 0 Å². The summed E-state index contributed by atoms with van der Waals surface area (Å²) in [5.41, 5.74) is 1.75. The van der Waals surface area contributed by atoms with Gasteiger partial charge >= 0.3 is 0 Å². The Morgan fingerprint density at radius 2 is 1.84 bits per heavy atom. The number of aryl methyl sites for hydroxylation is 1. The van der Waals surface area contributed by atoms with Gasteiger partial charge in [0.15, 0.2) is 16.6 Å². The van der Waals surface area contributed by atoms with Crippen LogP contribution in [0.4, 0.5) is 5.13 Å². The monoisotopic (exact) mass is 459 g/mol. The summed E-state index contributed by atoms with van der Waals surface area (Å²) in [6.07, 6.45) is -0.345. The van der Waals surface area contributed by atoms with Crippen molar-refractivity contribution in [3.05, 3.63) is 47.0 Å². The first-order valence-corrected chi connectivity index (χ1v) is 11.5. The number of halogens is 1. The van der Waals surface area contributed by atoms with Gasteiger partial charge in [0.05, 0.1) is 10.2 Å². The minimum atomic E-state index is -0.744. The molecule has 2 heterocycles. The number of aromatic nitrogens is 1. The van der Waals surface area contributed by atoms with Crippen molar-refractivity contribution in [2.24, 2.45) is 0 Å². The molecule has 1 amide bonds. The lowest BCUT2D eigenvalue weighted by atomic mass is 10.1. The quantitative estimate of drug-likeness (QED) is 0.531. The Kier molecular flexibility index (Phi) is 6.36. The molecule has 4 rings (SSSR count). The third kappa shape index (κ3) is 4.49. The fourth-order valence-corrected chi connectivity index (χ4v) is 4.80. The van der Waals surface area contributed by atoms with Crippen molar-refractivity contribution in [1.82, 2.24) is 9.88 Å². The summed E-state index contributed by atoms with van der Waals surface area (Å²) in [6.45, 7) is 5.21. The van der Waals surface area contributed by atoms with Crippen molar-refractivity contribution in [2.45, 2.75) is 32.5 Å². The lowest BCUT2D eigenvalue weighted by molar-refractivity contribution is -0.130. The highest BCUT2D eigenvalue weighted by molar-refractivity contribution is 7.22. The number of para-hydroxylation sites is 2. The second kappa shape index (κ2) is 9.02. The molecule has 0 saturated carbocycles. The lowest BCUT2D eigenvalue weighted by Crippen LogP contribution is -2.51. The maximum atomic E-state index is 13.7. The fraction of sp³-hybridized carbons (Fsp3) is 0.391. The molecule has 2 unspecified atom stereocenters. The predicted octanol–water partition coefficient (Wildman–Crippen LogP) is 4.77. The molecule has 0 radical (unpaired) electrons. The normalized spacial score (nSPS) is 17.9. The Labute approximate surface area is 191 Å². The number of anilines is 1. The molecule has 1 aliphatic heterocycles. The Morgan fingerprint density at radius 3 is 2.55 bits per heavy atom. The van der Waals surface area contributed by atoms with E-state index in [1.54, 1.807) is 4.90 Å². The van der Waals surface area contributed by atoms with E-state index in [1.165, 1.54) is 11.3 Å². The van der Waals surface area contributed by atoms with Crippen LogP contribution in [0.5, 0.6) is 11.5 Å². The average molecular weight is 460 g/mol. The number of rotatable bonds is 6. The third-order valence-corrected chi connectivity index (χ3v) is 6.76. The Bertz CT molecular complexity index is 1100. The molecule has 3 aromatic rings. The number of ether oxygens (including phenoxy) is 2. The van der Waals surface area contributed by atoms with Crippen LogP contribution in [0.1, 0.15) is 18.9 Å². The van der Waals surface area contributed by atoms with Crippen molar-refractivity contribution in [3.8, 4) is 11.5 Å². The summed E-state index contributed by atoms with van der Waals surface area (Å²) >= 11 is 7.78. The van der Waals surface area contributed by atoms with Crippen LogP contribution < -0.4 is 14.4 Å². The first kappa shape index (κ1) is 21.9. The van der Waals surface area contributed by atoms with E-state index in [0.717, 1.165) is 28.7 Å². The number of amides is 1. The van der Waals surface area contributed by atoms with E-state index in [1.807, 2.05) is 64.3 Å². The summed E-state index contributed by atoms with van der Waals surface area (Å²) in [6, 6.07) is 11.3. The van der Waals surface area contributed by atoms with E-state index in [9.17, 15) is 4.79 Å². The van der Waals surface area contributed by atoms with Crippen molar-refractivity contribution in [1.29, 1.82) is 0 Å². The number of hydrogen-bond donors (Lipinski definition) is 0. The van der Waals surface area contributed by atoms with Crippen LogP contribution in [0.2, 0.25) is 5.02 Å². The molecule has 164 valence electrons. The van der Waals surface area contributed by atoms with Crippen LogP contribution in [-0.2, 0) is 4.79 Å². The van der Waals surface area contributed by atoms with Crippen molar-refractivity contribution >= 4 is 44.2 Å². The predicted molar refractivity (Wildman–Crippen MR) is 126 cm³/mol. The molecule has 1 aromatic heterocycles.